The molecule has 2 aliphatic rings. The lowest BCUT2D eigenvalue weighted by Gasteiger charge is -2.35. The summed E-state index contributed by atoms with van der Waals surface area (Å²) in [7, 11) is 0. The van der Waals surface area contributed by atoms with Crippen molar-refractivity contribution in [1.29, 1.82) is 0 Å². The highest BCUT2D eigenvalue weighted by molar-refractivity contribution is 5.80. The van der Waals surface area contributed by atoms with Gasteiger partial charge in [0.05, 0.1) is 5.69 Å². The van der Waals surface area contributed by atoms with Crippen LogP contribution in [-0.4, -0.2) is 58.2 Å². The number of rotatable bonds is 5. The molecule has 0 bridgehead atoms. The lowest BCUT2D eigenvalue weighted by Crippen LogP contribution is -2.51. The minimum Gasteiger partial charge on any atom is -0.338 e. The number of fused-ring (bicyclic) bond motifs is 1. The van der Waals surface area contributed by atoms with Crippen molar-refractivity contribution in [3.05, 3.63) is 69.6 Å². The van der Waals surface area contributed by atoms with Crippen molar-refractivity contribution in [1.82, 2.24) is 19.6 Å². The molecule has 0 N–H and O–H groups in total. The lowest BCUT2D eigenvalue weighted by atomic mass is 10.2. The van der Waals surface area contributed by atoms with Crippen molar-refractivity contribution < 1.29 is 4.79 Å². The first-order chi connectivity index (χ1) is 14.1. The number of hydrogen-bond acceptors (Lipinski definition) is 4. The van der Waals surface area contributed by atoms with E-state index in [4.69, 9.17) is 0 Å². The summed E-state index contributed by atoms with van der Waals surface area (Å²) in [4.78, 5) is 29.6. The molecule has 1 aromatic heterocycles. The van der Waals surface area contributed by atoms with Gasteiger partial charge < -0.3 is 4.90 Å². The van der Waals surface area contributed by atoms with Crippen molar-refractivity contribution in [2.75, 3.05) is 32.7 Å². The smallest absolute Gasteiger partial charge is 0.267 e. The molecule has 6 nitrogen and oxygen atoms in total. The zero-order valence-electron chi connectivity index (χ0n) is 17.0. The molecule has 6 heteroatoms. The Bertz CT molecular complexity index is 943. The van der Waals surface area contributed by atoms with Crippen molar-refractivity contribution in [2.24, 2.45) is 0 Å². The van der Waals surface area contributed by atoms with E-state index >= 15 is 0 Å². The van der Waals surface area contributed by atoms with E-state index in [-0.39, 0.29) is 11.5 Å². The Morgan fingerprint density at radius 3 is 2.66 bits per heavy atom. The van der Waals surface area contributed by atoms with Crippen LogP contribution >= 0.6 is 0 Å². The molecule has 0 saturated carbocycles. The Labute approximate surface area is 171 Å². The zero-order chi connectivity index (χ0) is 20.2. The Morgan fingerprint density at radius 1 is 1.14 bits per heavy atom. The third kappa shape index (κ3) is 4.48. The highest BCUT2D eigenvalue weighted by Gasteiger charge is 2.27. The Morgan fingerprint density at radius 2 is 1.90 bits per heavy atom. The number of aryl methyl sites for hydroxylation is 2. The number of piperazine rings is 1. The number of carbonyl (C=O) groups excluding carboxylic acids is 1. The fourth-order valence-corrected chi connectivity index (χ4v) is 4.11. The maximum atomic E-state index is 13.0. The molecule has 1 fully saturated rings. The van der Waals surface area contributed by atoms with Gasteiger partial charge in [0.15, 0.2) is 0 Å². The first-order valence-corrected chi connectivity index (χ1v) is 10.5. The average molecular weight is 393 g/mol. The van der Waals surface area contributed by atoms with Crippen LogP contribution in [0.5, 0.6) is 0 Å². The molecule has 29 heavy (non-hydrogen) atoms. The average Bonchev–Trinajstić information content (AvgIpc) is 3.20. The predicted octanol–water partition coefficient (Wildman–Crippen LogP) is 2.15. The lowest BCUT2D eigenvalue weighted by molar-refractivity contribution is -0.136. The summed E-state index contributed by atoms with van der Waals surface area (Å²) in [6, 6.07) is 11.4. The van der Waals surface area contributed by atoms with Crippen molar-refractivity contribution >= 4 is 12.0 Å². The molecule has 1 aliphatic heterocycles. The molecule has 2 heterocycles. The normalized spacial score (nSPS) is 18.2. The summed E-state index contributed by atoms with van der Waals surface area (Å²) >= 11 is 0. The van der Waals surface area contributed by atoms with Crippen molar-refractivity contribution in [3.8, 4) is 0 Å². The van der Waals surface area contributed by atoms with Gasteiger partial charge in [-0.3, -0.25) is 14.5 Å². The zero-order valence-corrected chi connectivity index (χ0v) is 17.0. The number of benzene rings is 1. The molecule has 1 saturated heterocycles. The van der Waals surface area contributed by atoms with Gasteiger partial charge in [0.25, 0.3) is 5.56 Å². The molecule has 1 amide bonds. The van der Waals surface area contributed by atoms with Gasteiger partial charge in [0.1, 0.15) is 6.04 Å². The van der Waals surface area contributed by atoms with E-state index in [2.05, 4.69) is 34.3 Å². The molecule has 0 spiro atoms. The monoisotopic (exact) mass is 392 g/mol. The van der Waals surface area contributed by atoms with Gasteiger partial charge in [-0.15, -0.1) is 0 Å². The maximum Gasteiger partial charge on any atom is 0.267 e. The van der Waals surface area contributed by atoms with Gasteiger partial charge in [-0.25, -0.2) is 4.68 Å². The number of hydrogen-bond donors (Lipinski definition) is 0. The van der Waals surface area contributed by atoms with Crippen LogP contribution < -0.4 is 5.56 Å². The summed E-state index contributed by atoms with van der Waals surface area (Å²) in [5.74, 6) is -0.0166. The molecular weight excluding hydrogens is 364 g/mol. The number of aromatic nitrogens is 2. The predicted molar refractivity (Wildman–Crippen MR) is 114 cm³/mol. The van der Waals surface area contributed by atoms with E-state index in [1.807, 2.05) is 23.1 Å². The van der Waals surface area contributed by atoms with E-state index in [0.717, 1.165) is 50.2 Å². The first-order valence-electron chi connectivity index (χ1n) is 10.5. The quantitative estimate of drug-likeness (QED) is 0.782. The molecule has 2 aromatic rings. The fourth-order valence-electron chi connectivity index (χ4n) is 4.11. The number of amides is 1. The van der Waals surface area contributed by atoms with Gasteiger partial charge in [0.2, 0.25) is 5.91 Å². The van der Waals surface area contributed by atoms with Crippen LogP contribution in [0.2, 0.25) is 0 Å². The fraction of sp³-hybridized carbons (Fsp3) is 0.435. The largest absolute Gasteiger partial charge is 0.338 e. The molecule has 0 unspecified atom stereocenters. The first kappa shape index (κ1) is 19.6. The van der Waals surface area contributed by atoms with Crippen LogP contribution in [-0.2, 0) is 17.6 Å². The summed E-state index contributed by atoms with van der Waals surface area (Å²) in [5.41, 5.74) is 3.04. The van der Waals surface area contributed by atoms with E-state index in [9.17, 15) is 9.59 Å². The van der Waals surface area contributed by atoms with Crippen molar-refractivity contribution in [2.45, 2.75) is 32.2 Å². The molecule has 152 valence electrons. The number of carbonyl (C=O) groups is 1. The molecule has 1 aliphatic carbocycles. The van der Waals surface area contributed by atoms with Gasteiger partial charge >= 0.3 is 0 Å². The second-order valence-electron chi connectivity index (χ2n) is 7.87. The van der Waals surface area contributed by atoms with Crippen molar-refractivity contribution in [3.63, 3.8) is 0 Å². The third-order valence-electron chi connectivity index (χ3n) is 5.86. The standard InChI is InChI=1S/C23H28N4O2/c1-18(27-22(28)17-20-10-5-11-21(20)24-27)23(29)26-15-13-25(14-16-26)12-6-9-19-7-3-2-4-8-19/h2-4,6-9,17-18H,5,10-16H2,1H3/b9-6+/t18-/m0/s1. The van der Waals surface area contributed by atoms with Crippen LogP contribution in [0.1, 0.15) is 36.2 Å². The van der Waals surface area contributed by atoms with Crippen LogP contribution in [0, 0.1) is 0 Å². The summed E-state index contributed by atoms with van der Waals surface area (Å²) in [6.07, 6.45) is 7.15. The van der Waals surface area contributed by atoms with E-state index in [1.165, 1.54) is 10.2 Å². The maximum absolute atomic E-state index is 13.0. The second kappa shape index (κ2) is 8.74. The van der Waals surface area contributed by atoms with E-state index in [0.29, 0.717) is 13.1 Å². The molecule has 4 rings (SSSR count). The van der Waals surface area contributed by atoms with Crippen LogP contribution in [0.15, 0.2) is 47.3 Å². The summed E-state index contributed by atoms with van der Waals surface area (Å²) in [6.45, 7) is 5.70. The van der Waals surface area contributed by atoms with E-state index < -0.39 is 6.04 Å². The van der Waals surface area contributed by atoms with Crippen LogP contribution in [0.3, 0.4) is 0 Å². The van der Waals surface area contributed by atoms with Gasteiger partial charge in [-0.05, 0) is 37.3 Å². The number of nitrogens with zero attached hydrogens (tertiary/aromatic N) is 4. The van der Waals surface area contributed by atoms with Gasteiger partial charge in [-0.2, -0.15) is 5.10 Å². The minimum atomic E-state index is -0.557. The summed E-state index contributed by atoms with van der Waals surface area (Å²) < 4.78 is 1.38. The molecule has 1 aromatic carbocycles. The third-order valence-corrected chi connectivity index (χ3v) is 5.86. The van der Waals surface area contributed by atoms with Gasteiger partial charge in [-0.1, -0.05) is 42.5 Å². The summed E-state index contributed by atoms with van der Waals surface area (Å²) in [5, 5.41) is 4.49. The Balaban J connectivity index is 1.32. The molecular formula is C23H28N4O2. The van der Waals surface area contributed by atoms with Crippen LogP contribution in [0.25, 0.3) is 6.08 Å². The SMILES string of the molecule is C[C@@H](C(=O)N1CCN(C/C=C/c2ccccc2)CC1)n1nc2c(cc1=O)CCC2. The second-order valence-corrected chi connectivity index (χ2v) is 7.87. The molecule has 1 atom stereocenters. The minimum absolute atomic E-state index is 0.0166. The molecule has 0 radical (unpaired) electrons. The highest BCUT2D eigenvalue weighted by atomic mass is 16.2. The Hall–Kier alpha value is -2.73. The van der Waals surface area contributed by atoms with Crippen LogP contribution in [0.4, 0.5) is 0 Å². The van der Waals surface area contributed by atoms with E-state index in [1.54, 1.807) is 13.0 Å². The Kier molecular flexibility index (Phi) is 5.90. The topological polar surface area (TPSA) is 58.4 Å². The van der Waals surface area contributed by atoms with Gasteiger partial charge in [0, 0.05) is 38.8 Å². The highest BCUT2D eigenvalue weighted by Crippen LogP contribution is 2.18.